The van der Waals surface area contributed by atoms with Crippen LogP contribution in [0.2, 0.25) is 0 Å². The van der Waals surface area contributed by atoms with Gasteiger partial charge in [0.2, 0.25) is 0 Å². The van der Waals surface area contributed by atoms with E-state index in [0.29, 0.717) is 12.3 Å². The van der Waals surface area contributed by atoms with Gasteiger partial charge >= 0.3 is 5.97 Å². The summed E-state index contributed by atoms with van der Waals surface area (Å²) in [7, 11) is 0. The van der Waals surface area contributed by atoms with Gasteiger partial charge in [-0.05, 0) is 53.9 Å². The van der Waals surface area contributed by atoms with Crippen molar-refractivity contribution in [2.24, 2.45) is 4.99 Å². The molecule has 0 aromatic heterocycles. The van der Waals surface area contributed by atoms with Crippen LogP contribution in [-0.4, -0.2) is 24.6 Å². The maximum Gasteiger partial charge on any atom is 0.308 e. The van der Waals surface area contributed by atoms with Crippen molar-refractivity contribution < 1.29 is 14.3 Å². The highest BCUT2D eigenvalue weighted by molar-refractivity contribution is 6.26. The molecule has 4 aromatic rings. The van der Waals surface area contributed by atoms with Crippen LogP contribution in [0.15, 0.2) is 83.9 Å². The van der Waals surface area contributed by atoms with E-state index in [0.717, 1.165) is 44.4 Å². The van der Waals surface area contributed by atoms with Crippen molar-refractivity contribution in [2.45, 2.75) is 13.8 Å². The molecule has 0 radical (unpaired) electrons. The first-order chi connectivity index (χ1) is 16.0. The number of hydrogen-bond donors (Lipinski definition) is 0. The van der Waals surface area contributed by atoms with E-state index in [1.807, 2.05) is 84.8 Å². The molecular formula is C28H22N2O3. The number of amides is 1. The topological polar surface area (TPSA) is 59.0 Å². The Balaban J connectivity index is 1.40. The van der Waals surface area contributed by atoms with Gasteiger partial charge in [0.25, 0.3) is 5.91 Å². The van der Waals surface area contributed by atoms with Crippen LogP contribution in [0.25, 0.3) is 21.9 Å². The normalized spacial score (nSPS) is 12.7. The van der Waals surface area contributed by atoms with Crippen molar-refractivity contribution in [1.29, 1.82) is 0 Å². The Morgan fingerprint density at radius 1 is 0.939 bits per heavy atom. The van der Waals surface area contributed by atoms with Crippen LogP contribution >= 0.6 is 0 Å². The molecular weight excluding hydrogens is 412 g/mol. The lowest BCUT2D eigenvalue weighted by molar-refractivity contribution is -0.131. The number of ether oxygens (including phenoxy) is 1. The summed E-state index contributed by atoms with van der Waals surface area (Å²) < 4.78 is 5.09. The second-order valence-electron chi connectivity index (χ2n) is 7.88. The van der Waals surface area contributed by atoms with Gasteiger partial charge in [-0.3, -0.25) is 14.6 Å². The second kappa shape index (κ2) is 8.36. The van der Waals surface area contributed by atoms with Crippen LogP contribution in [0.1, 0.15) is 29.8 Å². The Morgan fingerprint density at radius 2 is 1.64 bits per heavy atom. The molecule has 0 fully saturated rings. The molecule has 0 atom stereocenters. The molecule has 1 heterocycles. The van der Waals surface area contributed by atoms with E-state index in [9.17, 15) is 9.59 Å². The van der Waals surface area contributed by atoms with Gasteiger partial charge in [0.1, 0.15) is 5.75 Å². The fraction of sp³-hybridized carbons (Fsp3) is 0.107. The maximum absolute atomic E-state index is 12.7. The molecule has 5 nitrogen and oxygen atoms in total. The lowest BCUT2D eigenvalue weighted by Gasteiger charge is -2.14. The number of hydrogen-bond acceptors (Lipinski definition) is 4. The zero-order valence-electron chi connectivity index (χ0n) is 18.4. The average molecular weight is 434 g/mol. The first-order valence-corrected chi connectivity index (χ1v) is 10.9. The highest BCUT2D eigenvalue weighted by Gasteiger charge is 2.29. The Hall–Kier alpha value is -4.25. The summed E-state index contributed by atoms with van der Waals surface area (Å²) in [5.74, 6) is 0.251. The zero-order chi connectivity index (χ0) is 22.9. The quantitative estimate of drug-likeness (QED) is 0.215. The van der Waals surface area contributed by atoms with Crippen LogP contribution in [0.5, 0.6) is 5.75 Å². The molecule has 0 saturated carbocycles. The zero-order valence-corrected chi connectivity index (χ0v) is 18.4. The predicted octanol–water partition coefficient (Wildman–Crippen LogP) is 6.16. The van der Waals surface area contributed by atoms with Gasteiger partial charge in [0.15, 0.2) is 0 Å². The SMILES string of the molecule is CCN1C(=O)c2cccc3c(N=Cc4ccc(-c5ccc(OC(C)=O)cc5)cc4)ccc1c23. The van der Waals surface area contributed by atoms with Gasteiger partial charge in [-0.1, -0.05) is 48.5 Å². The number of rotatable bonds is 5. The van der Waals surface area contributed by atoms with Crippen LogP contribution in [0.4, 0.5) is 11.4 Å². The molecule has 4 aromatic carbocycles. The van der Waals surface area contributed by atoms with E-state index in [2.05, 4.69) is 0 Å². The summed E-state index contributed by atoms with van der Waals surface area (Å²) in [6, 6.07) is 25.3. The molecule has 33 heavy (non-hydrogen) atoms. The molecule has 1 aliphatic rings. The Bertz CT molecular complexity index is 1400. The van der Waals surface area contributed by atoms with E-state index in [1.165, 1.54) is 6.92 Å². The predicted molar refractivity (Wildman–Crippen MR) is 132 cm³/mol. The van der Waals surface area contributed by atoms with Crippen LogP contribution in [0.3, 0.4) is 0 Å². The molecule has 5 rings (SSSR count). The number of anilines is 1. The third kappa shape index (κ3) is 3.78. The minimum atomic E-state index is -0.332. The first kappa shape index (κ1) is 20.6. The Kier molecular flexibility index (Phi) is 5.23. The molecule has 5 heteroatoms. The molecule has 162 valence electrons. The van der Waals surface area contributed by atoms with Crippen molar-refractivity contribution in [2.75, 3.05) is 11.4 Å². The van der Waals surface area contributed by atoms with Crippen molar-refractivity contribution in [1.82, 2.24) is 0 Å². The molecule has 0 N–H and O–H groups in total. The third-order valence-electron chi connectivity index (χ3n) is 5.79. The highest BCUT2D eigenvalue weighted by Crippen LogP contribution is 2.41. The van der Waals surface area contributed by atoms with E-state index >= 15 is 0 Å². The lowest BCUT2D eigenvalue weighted by Crippen LogP contribution is -2.25. The maximum atomic E-state index is 12.7. The Labute approximate surface area is 192 Å². The standard InChI is InChI=1S/C28H22N2O3/c1-3-30-26-16-15-25(23-5-4-6-24(27(23)26)28(30)32)29-17-19-7-9-20(10-8-19)21-11-13-22(14-12-21)33-18(2)31/h4-17H,3H2,1-2H3. The first-order valence-electron chi connectivity index (χ1n) is 10.9. The van der Waals surface area contributed by atoms with Gasteiger partial charge in [0.05, 0.1) is 11.4 Å². The van der Waals surface area contributed by atoms with Gasteiger partial charge < -0.3 is 9.64 Å². The van der Waals surface area contributed by atoms with Crippen molar-refractivity contribution in [3.05, 3.63) is 90.0 Å². The fourth-order valence-electron chi connectivity index (χ4n) is 4.24. The minimum absolute atomic E-state index is 0.0516. The Morgan fingerprint density at radius 3 is 2.30 bits per heavy atom. The van der Waals surface area contributed by atoms with Crippen molar-refractivity contribution >= 4 is 40.2 Å². The molecule has 0 aliphatic carbocycles. The summed E-state index contributed by atoms with van der Waals surface area (Å²) in [4.78, 5) is 30.3. The lowest BCUT2D eigenvalue weighted by atomic mass is 10.0. The number of carbonyl (C=O) groups is 2. The molecule has 1 aliphatic heterocycles. The second-order valence-corrected chi connectivity index (χ2v) is 7.88. The van der Waals surface area contributed by atoms with E-state index in [1.54, 1.807) is 12.1 Å². The number of esters is 1. The molecule has 1 amide bonds. The summed E-state index contributed by atoms with van der Waals surface area (Å²) in [5, 5.41) is 1.96. The number of benzene rings is 4. The summed E-state index contributed by atoms with van der Waals surface area (Å²) >= 11 is 0. The number of nitrogens with zero attached hydrogens (tertiary/aromatic N) is 2. The summed E-state index contributed by atoms with van der Waals surface area (Å²) in [5.41, 5.74) is 5.61. The highest BCUT2D eigenvalue weighted by atomic mass is 16.5. The third-order valence-corrected chi connectivity index (χ3v) is 5.79. The van der Waals surface area contributed by atoms with E-state index < -0.39 is 0 Å². The van der Waals surface area contributed by atoms with Crippen molar-refractivity contribution in [3.63, 3.8) is 0 Å². The summed E-state index contributed by atoms with van der Waals surface area (Å²) in [6.45, 7) is 4.01. The molecule has 0 unspecified atom stereocenters. The van der Waals surface area contributed by atoms with Crippen LogP contribution in [-0.2, 0) is 4.79 Å². The van der Waals surface area contributed by atoms with Gasteiger partial charge in [-0.25, -0.2) is 0 Å². The van der Waals surface area contributed by atoms with Gasteiger partial charge in [-0.15, -0.1) is 0 Å². The fourth-order valence-corrected chi connectivity index (χ4v) is 4.24. The molecule has 0 spiro atoms. The number of aliphatic imine (C=N–C) groups is 1. The smallest absolute Gasteiger partial charge is 0.308 e. The number of carbonyl (C=O) groups excluding carboxylic acids is 2. The van der Waals surface area contributed by atoms with Gasteiger partial charge in [-0.2, -0.15) is 0 Å². The van der Waals surface area contributed by atoms with E-state index in [-0.39, 0.29) is 11.9 Å². The van der Waals surface area contributed by atoms with E-state index in [4.69, 9.17) is 9.73 Å². The molecule has 0 saturated heterocycles. The summed E-state index contributed by atoms with van der Waals surface area (Å²) in [6.07, 6.45) is 1.84. The van der Waals surface area contributed by atoms with Crippen molar-refractivity contribution in [3.8, 4) is 16.9 Å². The van der Waals surface area contributed by atoms with Crippen LogP contribution < -0.4 is 9.64 Å². The largest absolute Gasteiger partial charge is 0.427 e. The minimum Gasteiger partial charge on any atom is -0.427 e. The monoisotopic (exact) mass is 434 g/mol. The average Bonchev–Trinajstić information content (AvgIpc) is 3.11. The molecule has 0 bridgehead atoms. The van der Waals surface area contributed by atoms with Crippen LogP contribution in [0, 0.1) is 0 Å². The van der Waals surface area contributed by atoms with Gasteiger partial charge in [0, 0.05) is 36.0 Å².